The zero-order valence-corrected chi connectivity index (χ0v) is 10.9. The molecule has 0 amide bonds. The summed E-state index contributed by atoms with van der Waals surface area (Å²) in [5.41, 5.74) is 7.08. The molecule has 1 rings (SSSR count). The summed E-state index contributed by atoms with van der Waals surface area (Å²) >= 11 is 4.92. The number of nitrogens with two attached hydrogens (primary N) is 2. The molecule has 0 spiro atoms. The number of thiocarbonyl (C=S) groups is 1. The Hall–Kier alpha value is -1.25. The van der Waals surface area contributed by atoms with Crippen LogP contribution in [-0.2, 0) is 10.0 Å². The molecule has 8 heteroatoms. The zero-order chi connectivity index (χ0) is 13.1. The zero-order valence-electron chi connectivity index (χ0n) is 9.30. The second kappa shape index (κ2) is 5.39. The fraction of sp³-hybridized carbons (Fsp3) is 0.333. The maximum Gasteiger partial charge on any atom is 0.210 e. The van der Waals surface area contributed by atoms with Crippen molar-refractivity contribution in [3.8, 4) is 0 Å². The molecule has 0 unspecified atom stereocenters. The van der Waals surface area contributed by atoms with Gasteiger partial charge < -0.3 is 11.1 Å². The van der Waals surface area contributed by atoms with Gasteiger partial charge in [-0.1, -0.05) is 12.2 Å². The van der Waals surface area contributed by atoms with Gasteiger partial charge in [0.15, 0.2) is 0 Å². The molecule has 6 nitrogen and oxygen atoms in total. The Morgan fingerprint density at radius 2 is 2.24 bits per heavy atom. The number of hydrogen-bond donors (Lipinski definition) is 3. The van der Waals surface area contributed by atoms with E-state index in [2.05, 4.69) is 10.3 Å². The van der Waals surface area contributed by atoms with E-state index in [1.807, 2.05) is 6.92 Å². The smallest absolute Gasteiger partial charge is 0.210 e. The number of primary sulfonamides is 1. The van der Waals surface area contributed by atoms with E-state index in [4.69, 9.17) is 23.1 Å². The molecule has 0 aliphatic rings. The van der Waals surface area contributed by atoms with Crippen molar-refractivity contribution < 1.29 is 8.42 Å². The summed E-state index contributed by atoms with van der Waals surface area (Å²) < 4.78 is 21.5. The Labute approximate surface area is 105 Å². The second-order valence-electron chi connectivity index (χ2n) is 3.51. The number of rotatable bonds is 5. The third kappa shape index (κ3) is 4.25. The minimum atomic E-state index is -3.49. The van der Waals surface area contributed by atoms with Crippen LogP contribution >= 0.6 is 12.2 Å². The van der Waals surface area contributed by atoms with Crippen molar-refractivity contribution in [3.05, 3.63) is 23.4 Å². The predicted molar refractivity (Wildman–Crippen MR) is 71.3 cm³/mol. The number of pyridine rings is 1. The van der Waals surface area contributed by atoms with Crippen LogP contribution in [0.15, 0.2) is 12.3 Å². The fourth-order valence-electron chi connectivity index (χ4n) is 1.32. The second-order valence-corrected chi connectivity index (χ2v) is 5.68. The van der Waals surface area contributed by atoms with Crippen molar-refractivity contribution in [1.82, 2.24) is 4.98 Å². The summed E-state index contributed by atoms with van der Waals surface area (Å²) in [5, 5.41) is 7.74. The first-order valence-corrected chi connectivity index (χ1v) is 6.93. The van der Waals surface area contributed by atoms with Crippen molar-refractivity contribution in [2.45, 2.75) is 6.92 Å². The van der Waals surface area contributed by atoms with Gasteiger partial charge in [0.2, 0.25) is 10.0 Å². The van der Waals surface area contributed by atoms with E-state index in [0.29, 0.717) is 11.4 Å². The molecule has 0 bridgehead atoms. The molecule has 0 aromatic carbocycles. The molecule has 0 saturated carbocycles. The Morgan fingerprint density at radius 1 is 1.59 bits per heavy atom. The number of anilines is 1. The number of aromatic nitrogens is 1. The van der Waals surface area contributed by atoms with Crippen molar-refractivity contribution >= 4 is 33.0 Å². The average Bonchev–Trinajstić information content (AvgIpc) is 2.14. The van der Waals surface area contributed by atoms with Gasteiger partial charge in [-0.3, -0.25) is 0 Å². The first kappa shape index (κ1) is 13.8. The molecule has 0 aliphatic carbocycles. The summed E-state index contributed by atoms with van der Waals surface area (Å²) in [7, 11) is -3.49. The highest BCUT2D eigenvalue weighted by molar-refractivity contribution is 7.89. The molecule has 17 heavy (non-hydrogen) atoms. The molecule has 94 valence electrons. The van der Waals surface area contributed by atoms with Crippen LogP contribution in [0.1, 0.15) is 11.1 Å². The quantitative estimate of drug-likeness (QED) is 0.637. The Kier molecular flexibility index (Phi) is 4.38. The lowest BCUT2D eigenvalue weighted by Crippen LogP contribution is -2.24. The van der Waals surface area contributed by atoms with Crippen LogP contribution in [0, 0.1) is 6.92 Å². The van der Waals surface area contributed by atoms with Crippen molar-refractivity contribution in [1.29, 1.82) is 0 Å². The Balaban J connectivity index is 2.85. The van der Waals surface area contributed by atoms with Gasteiger partial charge in [-0.2, -0.15) is 0 Å². The van der Waals surface area contributed by atoms with E-state index in [1.165, 1.54) is 0 Å². The maximum atomic E-state index is 10.8. The van der Waals surface area contributed by atoms with Gasteiger partial charge in [0.25, 0.3) is 0 Å². The lowest BCUT2D eigenvalue weighted by Gasteiger charge is -2.11. The van der Waals surface area contributed by atoms with E-state index >= 15 is 0 Å². The van der Waals surface area contributed by atoms with Crippen LogP contribution in [0.4, 0.5) is 5.82 Å². The number of aryl methyl sites for hydroxylation is 1. The molecule has 0 fully saturated rings. The Morgan fingerprint density at radius 3 is 2.76 bits per heavy atom. The van der Waals surface area contributed by atoms with Gasteiger partial charge in [0.05, 0.1) is 11.3 Å². The van der Waals surface area contributed by atoms with Crippen LogP contribution in [0.3, 0.4) is 0 Å². The largest absolute Gasteiger partial charge is 0.389 e. The summed E-state index contributed by atoms with van der Waals surface area (Å²) in [6, 6.07) is 1.78. The fourth-order valence-corrected chi connectivity index (χ4v) is 1.96. The van der Waals surface area contributed by atoms with E-state index in [9.17, 15) is 8.42 Å². The standard InChI is InChI=1S/C9H14N4O2S2/c1-6-2-3-12-9(7(6)8(10)16)13-4-5-17(11,14)15/h2-3H,4-5H2,1H3,(H2,10,16)(H,12,13)(H2,11,14,15). The third-order valence-corrected chi connectivity index (χ3v) is 3.06. The highest BCUT2D eigenvalue weighted by atomic mass is 32.2. The molecule has 0 radical (unpaired) electrons. The first-order valence-electron chi connectivity index (χ1n) is 4.81. The SMILES string of the molecule is Cc1ccnc(NCCS(N)(=O)=O)c1C(N)=S. The van der Waals surface area contributed by atoms with Gasteiger partial charge in [-0.15, -0.1) is 0 Å². The van der Waals surface area contributed by atoms with E-state index in [-0.39, 0.29) is 17.3 Å². The molecule has 0 atom stereocenters. The van der Waals surface area contributed by atoms with Crippen LogP contribution in [0.25, 0.3) is 0 Å². The van der Waals surface area contributed by atoms with Crippen molar-refractivity contribution in [2.24, 2.45) is 10.9 Å². The van der Waals surface area contributed by atoms with Gasteiger partial charge in [0.1, 0.15) is 10.8 Å². The van der Waals surface area contributed by atoms with Crippen LogP contribution < -0.4 is 16.2 Å². The first-order chi connectivity index (χ1) is 7.81. The lowest BCUT2D eigenvalue weighted by atomic mass is 10.1. The van der Waals surface area contributed by atoms with Crippen molar-refractivity contribution in [3.63, 3.8) is 0 Å². The normalized spacial score (nSPS) is 11.2. The van der Waals surface area contributed by atoms with Crippen LogP contribution in [0.5, 0.6) is 0 Å². The van der Waals surface area contributed by atoms with Crippen LogP contribution in [-0.4, -0.2) is 30.7 Å². The van der Waals surface area contributed by atoms with E-state index in [1.54, 1.807) is 12.3 Å². The topological polar surface area (TPSA) is 111 Å². The number of hydrogen-bond acceptors (Lipinski definition) is 5. The maximum absolute atomic E-state index is 10.8. The summed E-state index contributed by atoms with van der Waals surface area (Å²) in [4.78, 5) is 4.28. The molecule has 0 saturated heterocycles. The number of nitrogens with one attached hydrogen (secondary N) is 1. The summed E-state index contributed by atoms with van der Waals surface area (Å²) in [6.07, 6.45) is 1.59. The van der Waals surface area contributed by atoms with E-state index < -0.39 is 10.0 Å². The average molecular weight is 274 g/mol. The number of sulfonamides is 1. The molecular formula is C9H14N4O2S2. The predicted octanol–water partition coefficient (Wildman–Crippen LogP) is -0.275. The number of nitrogens with zero attached hydrogens (tertiary/aromatic N) is 1. The van der Waals surface area contributed by atoms with Gasteiger partial charge >= 0.3 is 0 Å². The van der Waals surface area contributed by atoms with Crippen molar-refractivity contribution in [2.75, 3.05) is 17.6 Å². The minimum absolute atomic E-state index is 0.158. The molecule has 1 heterocycles. The molecule has 1 aromatic heterocycles. The van der Waals surface area contributed by atoms with Gasteiger partial charge in [0, 0.05) is 12.7 Å². The van der Waals surface area contributed by atoms with Crippen LogP contribution in [0.2, 0.25) is 0 Å². The Bertz CT molecular complexity index is 528. The van der Waals surface area contributed by atoms with Gasteiger partial charge in [-0.25, -0.2) is 18.5 Å². The van der Waals surface area contributed by atoms with Gasteiger partial charge in [-0.05, 0) is 18.6 Å². The molecule has 0 aliphatic heterocycles. The molecule has 5 N–H and O–H groups in total. The lowest BCUT2D eigenvalue weighted by molar-refractivity contribution is 0.598. The monoisotopic (exact) mass is 274 g/mol. The summed E-state index contributed by atoms with van der Waals surface area (Å²) in [5.74, 6) is 0.292. The summed E-state index contributed by atoms with van der Waals surface area (Å²) in [6.45, 7) is 2.01. The third-order valence-electron chi connectivity index (χ3n) is 2.08. The highest BCUT2D eigenvalue weighted by Crippen LogP contribution is 2.15. The minimum Gasteiger partial charge on any atom is -0.389 e. The van der Waals surface area contributed by atoms with E-state index in [0.717, 1.165) is 5.56 Å². The molecular weight excluding hydrogens is 260 g/mol. The highest BCUT2D eigenvalue weighted by Gasteiger charge is 2.10. The molecule has 1 aromatic rings.